The third-order valence-corrected chi connectivity index (χ3v) is 2.49. The molecule has 5 nitrogen and oxygen atoms in total. The molecule has 0 spiro atoms. The molecule has 0 radical (unpaired) electrons. The van der Waals surface area contributed by atoms with Crippen molar-refractivity contribution in [1.29, 1.82) is 0 Å². The predicted octanol–water partition coefficient (Wildman–Crippen LogP) is 0.915. The molecular formula is C9H16N2O3. The second-order valence-electron chi connectivity index (χ2n) is 3.44. The van der Waals surface area contributed by atoms with Crippen LogP contribution in [0.5, 0.6) is 0 Å². The Labute approximate surface area is 83.2 Å². The summed E-state index contributed by atoms with van der Waals surface area (Å²) < 4.78 is 4.65. The third kappa shape index (κ3) is 1.77. The van der Waals surface area contributed by atoms with Gasteiger partial charge >= 0.3 is 5.97 Å². The lowest BCUT2D eigenvalue weighted by Gasteiger charge is -2.26. The minimum absolute atomic E-state index is 0.445. The smallest absolute Gasteiger partial charge is 0.338 e. The summed E-state index contributed by atoms with van der Waals surface area (Å²) in [5, 5.41) is 17.5. The van der Waals surface area contributed by atoms with E-state index in [4.69, 9.17) is 0 Å². The van der Waals surface area contributed by atoms with E-state index in [2.05, 4.69) is 15.0 Å². The van der Waals surface area contributed by atoms with Gasteiger partial charge in [-0.2, -0.15) is 10.2 Å². The number of azo groups is 1. The number of hydrogen-bond acceptors (Lipinski definition) is 5. The summed E-state index contributed by atoms with van der Waals surface area (Å²) in [6.07, 6.45) is 0.996. The second kappa shape index (κ2) is 4.50. The van der Waals surface area contributed by atoms with Gasteiger partial charge in [-0.3, -0.25) is 0 Å². The molecule has 1 aliphatic rings. The SMILES string of the molecule is CCC[C@H](O)[C@@]1(C(=O)OC)CCN=N1. The van der Waals surface area contributed by atoms with E-state index in [0.29, 0.717) is 19.4 Å². The van der Waals surface area contributed by atoms with Gasteiger partial charge in [-0.25, -0.2) is 4.79 Å². The van der Waals surface area contributed by atoms with Gasteiger partial charge in [0.15, 0.2) is 0 Å². The number of ether oxygens (including phenoxy) is 1. The maximum absolute atomic E-state index is 11.5. The summed E-state index contributed by atoms with van der Waals surface area (Å²) in [5.41, 5.74) is -1.13. The second-order valence-corrected chi connectivity index (χ2v) is 3.44. The summed E-state index contributed by atoms with van der Waals surface area (Å²) in [6, 6.07) is 0. The van der Waals surface area contributed by atoms with Crippen molar-refractivity contribution in [3.05, 3.63) is 0 Å². The Balaban J connectivity index is 2.81. The minimum Gasteiger partial charge on any atom is -0.467 e. The molecule has 0 saturated carbocycles. The van der Waals surface area contributed by atoms with E-state index in [1.807, 2.05) is 6.92 Å². The molecule has 1 heterocycles. The number of aliphatic hydroxyl groups is 1. The number of methoxy groups -OCH3 is 1. The molecule has 0 aliphatic carbocycles. The Morgan fingerprint density at radius 1 is 1.71 bits per heavy atom. The fourth-order valence-corrected chi connectivity index (χ4v) is 1.65. The molecule has 0 aromatic heterocycles. The number of nitrogens with zero attached hydrogens (tertiary/aromatic N) is 2. The molecule has 0 unspecified atom stereocenters. The predicted molar refractivity (Wildman–Crippen MR) is 50.0 cm³/mol. The largest absolute Gasteiger partial charge is 0.467 e. The molecule has 0 fully saturated rings. The highest BCUT2D eigenvalue weighted by molar-refractivity contribution is 5.82. The number of carbonyl (C=O) groups is 1. The van der Waals surface area contributed by atoms with Crippen molar-refractivity contribution in [3.8, 4) is 0 Å². The maximum atomic E-state index is 11.5. The van der Waals surface area contributed by atoms with Gasteiger partial charge in [-0.15, -0.1) is 0 Å². The molecule has 0 aromatic rings. The number of rotatable bonds is 4. The molecule has 1 aliphatic heterocycles. The molecule has 0 aromatic carbocycles. The van der Waals surface area contributed by atoms with Crippen LogP contribution in [0.15, 0.2) is 10.2 Å². The van der Waals surface area contributed by atoms with Gasteiger partial charge < -0.3 is 9.84 Å². The Morgan fingerprint density at radius 3 is 2.86 bits per heavy atom. The van der Waals surface area contributed by atoms with Crippen LogP contribution in [0.3, 0.4) is 0 Å². The molecular weight excluding hydrogens is 184 g/mol. The van der Waals surface area contributed by atoms with Crippen molar-refractivity contribution in [2.45, 2.75) is 37.8 Å². The lowest BCUT2D eigenvalue weighted by molar-refractivity contribution is -0.151. The van der Waals surface area contributed by atoms with E-state index in [9.17, 15) is 9.90 Å². The van der Waals surface area contributed by atoms with E-state index in [1.54, 1.807) is 0 Å². The zero-order chi connectivity index (χ0) is 10.6. The van der Waals surface area contributed by atoms with Crippen LogP contribution in [0.2, 0.25) is 0 Å². The van der Waals surface area contributed by atoms with Crippen molar-refractivity contribution in [2.24, 2.45) is 10.2 Å². The molecule has 1 rings (SSSR count). The zero-order valence-electron chi connectivity index (χ0n) is 8.56. The average molecular weight is 200 g/mol. The van der Waals surface area contributed by atoms with E-state index in [1.165, 1.54) is 7.11 Å². The van der Waals surface area contributed by atoms with Crippen molar-refractivity contribution in [2.75, 3.05) is 13.7 Å². The van der Waals surface area contributed by atoms with E-state index in [0.717, 1.165) is 6.42 Å². The van der Waals surface area contributed by atoms with Crippen LogP contribution in [0.4, 0.5) is 0 Å². The Morgan fingerprint density at radius 2 is 2.43 bits per heavy atom. The maximum Gasteiger partial charge on any atom is 0.338 e. The molecule has 0 bridgehead atoms. The number of esters is 1. The summed E-state index contributed by atoms with van der Waals surface area (Å²) in [7, 11) is 1.30. The van der Waals surface area contributed by atoms with E-state index >= 15 is 0 Å². The lowest BCUT2D eigenvalue weighted by Crippen LogP contribution is -2.47. The molecule has 0 saturated heterocycles. The summed E-state index contributed by atoms with van der Waals surface area (Å²) in [6.45, 7) is 2.43. The monoisotopic (exact) mass is 200 g/mol. The zero-order valence-corrected chi connectivity index (χ0v) is 8.56. The first-order valence-electron chi connectivity index (χ1n) is 4.82. The van der Waals surface area contributed by atoms with Gasteiger partial charge in [-0.05, 0) is 6.42 Å². The number of hydrogen-bond donors (Lipinski definition) is 1. The van der Waals surface area contributed by atoms with Crippen molar-refractivity contribution in [3.63, 3.8) is 0 Å². The third-order valence-electron chi connectivity index (χ3n) is 2.49. The first-order chi connectivity index (χ1) is 6.67. The Hall–Kier alpha value is -0.970. The number of aliphatic hydroxyl groups excluding tert-OH is 1. The highest BCUT2D eigenvalue weighted by Crippen LogP contribution is 2.30. The summed E-state index contributed by atoms with van der Waals surface area (Å²) in [4.78, 5) is 11.5. The van der Waals surface area contributed by atoms with Crippen molar-refractivity contribution < 1.29 is 14.6 Å². The van der Waals surface area contributed by atoms with Crippen LogP contribution in [0.1, 0.15) is 26.2 Å². The van der Waals surface area contributed by atoms with Gasteiger partial charge in [0.05, 0.1) is 19.8 Å². The summed E-state index contributed by atoms with van der Waals surface area (Å²) >= 11 is 0. The van der Waals surface area contributed by atoms with Crippen molar-refractivity contribution in [1.82, 2.24) is 0 Å². The fourth-order valence-electron chi connectivity index (χ4n) is 1.65. The van der Waals surface area contributed by atoms with Gasteiger partial charge in [0.2, 0.25) is 5.54 Å². The average Bonchev–Trinajstić information content (AvgIpc) is 2.67. The first-order valence-corrected chi connectivity index (χ1v) is 4.82. The molecule has 1 N–H and O–H groups in total. The first kappa shape index (κ1) is 11.1. The van der Waals surface area contributed by atoms with E-state index in [-0.39, 0.29) is 0 Å². The molecule has 80 valence electrons. The van der Waals surface area contributed by atoms with Gasteiger partial charge in [0.1, 0.15) is 0 Å². The van der Waals surface area contributed by atoms with Crippen LogP contribution >= 0.6 is 0 Å². The molecule has 14 heavy (non-hydrogen) atoms. The van der Waals surface area contributed by atoms with E-state index < -0.39 is 17.6 Å². The summed E-state index contributed by atoms with van der Waals surface area (Å²) in [5.74, 6) is -0.486. The van der Waals surface area contributed by atoms with Gasteiger partial charge in [0, 0.05) is 6.42 Å². The highest BCUT2D eigenvalue weighted by Gasteiger charge is 2.48. The van der Waals surface area contributed by atoms with Gasteiger partial charge in [-0.1, -0.05) is 13.3 Å². The number of carbonyl (C=O) groups excluding carboxylic acids is 1. The molecule has 5 heteroatoms. The van der Waals surface area contributed by atoms with Crippen LogP contribution in [0, 0.1) is 0 Å². The fraction of sp³-hybridized carbons (Fsp3) is 0.889. The quantitative estimate of drug-likeness (QED) is 0.686. The van der Waals surface area contributed by atoms with Crippen LogP contribution in [-0.4, -0.2) is 36.4 Å². The van der Waals surface area contributed by atoms with Crippen LogP contribution in [0.25, 0.3) is 0 Å². The Kier molecular flexibility index (Phi) is 3.57. The minimum atomic E-state index is -1.13. The molecule has 2 atom stereocenters. The van der Waals surface area contributed by atoms with Gasteiger partial charge in [0.25, 0.3) is 0 Å². The normalized spacial score (nSPS) is 27.6. The standard InChI is InChI=1S/C9H16N2O3/c1-3-4-7(12)9(8(13)14-2)5-6-10-11-9/h7,12H,3-6H2,1-2H3/t7-,9+/m0/s1. The topological polar surface area (TPSA) is 71.2 Å². The Bertz CT molecular complexity index is 242. The van der Waals surface area contributed by atoms with Crippen LogP contribution in [-0.2, 0) is 9.53 Å². The van der Waals surface area contributed by atoms with Crippen LogP contribution < -0.4 is 0 Å². The lowest BCUT2D eigenvalue weighted by atomic mass is 9.88. The van der Waals surface area contributed by atoms with Crippen molar-refractivity contribution >= 4 is 5.97 Å². The highest BCUT2D eigenvalue weighted by atomic mass is 16.5. The molecule has 0 amide bonds.